The lowest BCUT2D eigenvalue weighted by molar-refractivity contribution is -0.151. The number of aryl methyl sites for hydroxylation is 2. The number of carbonyl (C=O) groups is 4. The first kappa shape index (κ1) is 22.2. The molecule has 2 aromatic carbocycles. The second-order valence-corrected chi connectivity index (χ2v) is 8.15. The van der Waals surface area contributed by atoms with Crippen molar-refractivity contribution in [2.75, 3.05) is 11.9 Å². The number of amides is 3. The van der Waals surface area contributed by atoms with Gasteiger partial charge in [-0.1, -0.05) is 38.1 Å². The minimum Gasteiger partial charge on any atom is -0.454 e. The Hall–Kier alpha value is -3.48. The number of rotatable bonds is 7. The fourth-order valence-electron chi connectivity index (χ4n) is 3.53. The predicted molar refractivity (Wildman–Crippen MR) is 116 cm³/mol. The molecule has 7 nitrogen and oxygen atoms in total. The molecule has 0 saturated carbocycles. The first-order valence-corrected chi connectivity index (χ1v) is 10.2. The van der Waals surface area contributed by atoms with E-state index in [1.807, 2.05) is 45.9 Å². The van der Waals surface area contributed by atoms with E-state index in [4.69, 9.17) is 4.74 Å². The monoisotopic (exact) mass is 422 g/mol. The summed E-state index contributed by atoms with van der Waals surface area (Å²) in [6.07, 6.45) is 0.239. The molecule has 7 heteroatoms. The molecule has 0 aromatic heterocycles. The van der Waals surface area contributed by atoms with Crippen molar-refractivity contribution in [3.63, 3.8) is 0 Å². The smallest absolute Gasteiger partial charge is 0.329 e. The van der Waals surface area contributed by atoms with Crippen LogP contribution in [-0.2, 0) is 14.3 Å². The molecule has 1 N–H and O–H groups in total. The van der Waals surface area contributed by atoms with E-state index in [9.17, 15) is 19.2 Å². The summed E-state index contributed by atoms with van der Waals surface area (Å²) in [5.74, 6) is -2.30. The van der Waals surface area contributed by atoms with Crippen LogP contribution in [-0.4, -0.2) is 41.2 Å². The van der Waals surface area contributed by atoms with Gasteiger partial charge in [-0.2, -0.15) is 0 Å². The first-order chi connectivity index (χ1) is 14.7. The number of esters is 1. The van der Waals surface area contributed by atoms with Gasteiger partial charge in [0.1, 0.15) is 6.04 Å². The summed E-state index contributed by atoms with van der Waals surface area (Å²) < 4.78 is 5.22. The number of imide groups is 1. The zero-order valence-electron chi connectivity index (χ0n) is 18.1. The van der Waals surface area contributed by atoms with Gasteiger partial charge in [0.05, 0.1) is 11.1 Å². The molecule has 3 amide bonds. The first-order valence-electron chi connectivity index (χ1n) is 10.2. The summed E-state index contributed by atoms with van der Waals surface area (Å²) in [6, 6.07) is 11.0. The topological polar surface area (TPSA) is 92.8 Å². The normalized spacial score (nSPS) is 13.9. The second kappa shape index (κ2) is 9.12. The molecule has 1 aliphatic rings. The zero-order chi connectivity index (χ0) is 22.7. The molecule has 162 valence electrons. The van der Waals surface area contributed by atoms with Crippen LogP contribution in [0.4, 0.5) is 5.69 Å². The highest BCUT2D eigenvalue weighted by molar-refractivity contribution is 6.22. The fraction of sp³-hybridized carbons (Fsp3) is 0.333. The van der Waals surface area contributed by atoms with E-state index in [-0.39, 0.29) is 23.5 Å². The summed E-state index contributed by atoms with van der Waals surface area (Å²) in [5, 5.41) is 2.72. The zero-order valence-corrected chi connectivity index (χ0v) is 18.1. The number of fused-ring (bicyclic) bond motifs is 1. The number of nitrogens with one attached hydrogen (secondary N) is 1. The maximum absolute atomic E-state index is 12.8. The number of benzene rings is 2. The van der Waals surface area contributed by atoms with Crippen LogP contribution in [0.25, 0.3) is 0 Å². The van der Waals surface area contributed by atoms with Crippen LogP contribution in [0.2, 0.25) is 0 Å². The Morgan fingerprint density at radius 3 is 2.19 bits per heavy atom. The van der Waals surface area contributed by atoms with E-state index in [1.54, 1.807) is 24.3 Å². The molecule has 31 heavy (non-hydrogen) atoms. The van der Waals surface area contributed by atoms with Gasteiger partial charge >= 0.3 is 5.97 Å². The fourth-order valence-corrected chi connectivity index (χ4v) is 3.53. The van der Waals surface area contributed by atoms with Crippen molar-refractivity contribution in [2.45, 2.75) is 40.2 Å². The number of hydrogen-bond donors (Lipinski definition) is 1. The van der Waals surface area contributed by atoms with Gasteiger partial charge in [-0.25, -0.2) is 4.79 Å². The lowest BCUT2D eigenvalue weighted by atomic mass is 10.0. The van der Waals surface area contributed by atoms with Crippen molar-refractivity contribution in [3.05, 3.63) is 64.7 Å². The van der Waals surface area contributed by atoms with Gasteiger partial charge in [0.2, 0.25) is 0 Å². The molecule has 0 fully saturated rings. The Kier molecular flexibility index (Phi) is 6.53. The van der Waals surface area contributed by atoms with Crippen LogP contribution in [0.5, 0.6) is 0 Å². The summed E-state index contributed by atoms with van der Waals surface area (Å²) in [4.78, 5) is 51.7. The van der Waals surface area contributed by atoms with Crippen molar-refractivity contribution in [2.24, 2.45) is 5.92 Å². The number of carbonyl (C=O) groups excluding carboxylic acids is 4. The van der Waals surface area contributed by atoms with E-state index in [0.717, 1.165) is 16.0 Å². The Morgan fingerprint density at radius 2 is 1.61 bits per heavy atom. The Balaban J connectivity index is 1.71. The van der Waals surface area contributed by atoms with E-state index < -0.39 is 36.3 Å². The predicted octanol–water partition coefficient (Wildman–Crippen LogP) is 3.50. The molecule has 1 heterocycles. The third kappa shape index (κ3) is 4.82. The summed E-state index contributed by atoms with van der Waals surface area (Å²) in [5.41, 5.74) is 3.04. The SMILES string of the molecule is Cc1ccc(C)c(NC(=O)COC(=O)C(CC(C)C)N2C(=O)c3ccccc3C2=O)c1. The van der Waals surface area contributed by atoms with Gasteiger partial charge in [-0.3, -0.25) is 19.3 Å². The largest absolute Gasteiger partial charge is 0.454 e. The van der Waals surface area contributed by atoms with Gasteiger partial charge in [-0.15, -0.1) is 0 Å². The second-order valence-electron chi connectivity index (χ2n) is 8.15. The molecule has 0 radical (unpaired) electrons. The summed E-state index contributed by atoms with van der Waals surface area (Å²) >= 11 is 0. The van der Waals surface area contributed by atoms with Gasteiger partial charge in [0, 0.05) is 5.69 Å². The van der Waals surface area contributed by atoms with Gasteiger partial charge in [0.25, 0.3) is 17.7 Å². The van der Waals surface area contributed by atoms with Crippen molar-refractivity contribution < 1.29 is 23.9 Å². The summed E-state index contributed by atoms with van der Waals surface area (Å²) in [6.45, 7) is 7.02. The van der Waals surface area contributed by atoms with Gasteiger partial charge in [-0.05, 0) is 55.5 Å². The third-order valence-corrected chi connectivity index (χ3v) is 5.12. The molecule has 1 atom stereocenters. The third-order valence-electron chi connectivity index (χ3n) is 5.12. The van der Waals surface area contributed by atoms with Gasteiger partial charge in [0.15, 0.2) is 6.61 Å². The molecule has 0 bridgehead atoms. The number of ether oxygens (including phenoxy) is 1. The van der Waals surface area contributed by atoms with Crippen LogP contribution >= 0.6 is 0 Å². The number of nitrogens with zero attached hydrogens (tertiary/aromatic N) is 1. The van der Waals surface area contributed by atoms with Crippen molar-refractivity contribution in [1.29, 1.82) is 0 Å². The van der Waals surface area contributed by atoms with E-state index in [2.05, 4.69) is 5.32 Å². The van der Waals surface area contributed by atoms with E-state index in [1.165, 1.54) is 0 Å². The van der Waals surface area contributed by atoms with Crippen LogP contribution in [0, 0.1) is 19.8 Å². The highest BCUT2D eigenvalue weighted by atomic mass is 16.5. The maximum Gasteiger partial charge on any atom is 0.329 e. The standard InChI is InChI=1S/C24H26N2O5/c1-14(2)11-20(26-22(28)17-7-5-6-8-18(17)23(26)29)24(30)31-13-21(27)25-19-12-15(3)9-10-16(19)4/h5-10,12,14,20H,11,13H2,1-4H3,(H,25,27). The Morgan fingerprint density at radius 1 is 1.00 bits per heavy atom. The number of anilines is 1. The Labute approximate surface area is 181 Å². The lowest BCUT2D eigenvalue weighted by Crippen LogP contribution is -2.46. The molecule has 0 spiro atoms. The van der Waals surface area contributed by atoms with Crippen LogP contribution in [0.3, 0.4) is 0 Å². The average Bonchev–Trinajstić information content (AvgIpc) is 2.97. The Bertz CT molecular complexity index is 1010. The quantitative estimate of drug-likeness (QED) is 0.545. The van der Waals surface area contributed by atoms with Crippen LogP contribution in [0.15, 0.2) is 42.5 Å². The molecule has 0 saturated heterocycles. The molecule has 1 aliphatic heterocycles. The minimum atomic E-state index is -1.10. The molecule has 0 aliphatic carbocycles. The van der Waals surface area contributed by atoms with Crippen molar-refractivity contribution in [1.82, 2.24) is 4.90 Å². The van der Waals surface area contributed by atoms with E-state index >= 15 is 0 Å². The number of hydrogen-bond acceptors (Lipinski definition) is 5. The lowest BCUT2D eigenvalue weighted by Gasteiger charge is -2.25. The molecular formula is C24H26N2O5. The highest BCUT2D eigenvalue weighted by Gasteiger charge is 2.43. The average molecular weight is 422 g/mol. The maximum atomic E-state index is 12.8. The minimum absolute atomic E-state index is 0.0191. The van der Waals surface area contributed by atoms with Crippen LogP contribution < -0.4 is 5.32 Å². The molecule has 3 rings (SSSR count). The van der Waals surface area contributed by atoms with Crippen LogP contribution in [0.1, 0.15) is 52.1 Å². The van der Waals surface area contributed by atoms with Gasteiger partial charge < -0.3 is 10.1 Å². The van der Waals surface area contributed by atoms with Crippen molar-refractivity contribution in [3.8, 4) is 0 Å². The van der Waals surface area contributed by atoms with Crippen molar-refractivity contribution >= 4 is 29.4 Å². The molecule has 2 aromatic rings. The highest BCUT2D eigenvalue weighted by Crippen LogP contribution is 2.27. The molecular weight excluding hydrogens is 396 g/mol. The molecule has 1 unspecified atom stereocenters. The van der Waals surface area contributed by atoms with E-state index in [0.29, 0.717) is 5.69 Å². The summed E-state index contributed by atoms with van der Waals surface area (Å²) in [7, 11) is 0.